The lowest BCUT2D eigenvalue weighted by Crippen LogP contribution is -1.86. The highest BCUT2D eigenvalue weighted by molar-refractivity contribution is 5.56. The van der Waals surface area contributed by atoms with Gasteiger partial charge in [0.15, 0.2) is 5.76 Å². The van der Waals surface area contributed by atoms with Crippen molar-refractivity contribution in [1.82, 2.24) is 5.16 Å². The average molecular weight is 271 g/mol. The van der Waals surface area contributed by atoms with Crippen LogP contribution in [0.3, 0.4) is 0 Å². The second-order valence-corrected chi connectivity index (χ2v) is 5.42. The Morgan fingerprint density at radius 3 is 2.35 bits per heavy atom. The summed E-state index contributed by atoms with van der Waals surface area (Å²) in [4.78, 5) is 0. The van der Waals surface area contributed by atoms with E-state index in [0.717, 1.165) is 23.4 Å². The quantitative estimate of drug-likeness (QED) is 0.552. The van der Waals surface area contributed by atoms with Crippen molar-refractivity contribution in [2.24, 2.45) is 0 Å². The van der Waals surface area contributed by atoms with Crippen LogP contribution in [0.5, 0.6) is 0 Å². The molecule has 0 radical (unpaired) electrons. The highest BCUT2D eigenvalue weighted by atomic mass is 16.5. The molecule has 1 heterocycles. The van der Waals surface area contributed by atoms with Crippen molar-refractivity contribution in [2.45, 2.75) is 58.3 Å². The van der Waals surface area contributed by atoms with Gasteiger partial charge in [0.1, 0.15) is 0 Å². The summed E-state index contributed by atoms with van der Waals surface area (Å²) in [5, 5.41) is 4.16. The van der Waals surface area contributed by atoms with E-state index in [1.165, 1.54) is 44.9 Å². The first-order valence-electron chi connectivity index (χ1n) is 7.91. The molecular formula is C18H25NO. The molecule has 0 amide bonds. The smallest absolute Gasteiger partial charge is 0.167 e. The Morgan fingerprint density at radius 2 is 1.60 bits per heavy atom. The van der Waals surface area contributed by atoms with Gasteiger partial charge in [0.05, 0.1) is 5.69 Å². The van der Waals surface area contributed by atoms with E-state index in [9.17, 15) is 0 Å². The molecule has 0 bridgehead atoms. The zero-order valence-electron chi connectivity index (χ0n) is 12.5. The molecule has 20 heavy (non-hydrogen) atoms. The number of unbranched alkanes of at least 4 members (excludes halogenated alkanes) is 6. The zero-order valence-corrected chi connectivity index (χ0v) is 12.5. The molecule has 108 valence electrons. The molecule has 0 aliphatic heterocycles. The second kappa shape index (κ2) is 8.57. The molecule has 2 nitrogen and oxygen atoms in total. The topological polar surface area (TPSA) is 26.0 Å². The standard InChI is InChI=1S/C18H25NO/c1-2-3-4-5-6-7-11-14-17-15-18(20-19-17)16-12-9-8-10-13-16/h8-10,12-13,15H,2-7,11,14H2,1H3. The SMILES string of the molecule is CCCCCCCCCc1cc(-c2ccccc2)on1. The van der Waals surface area contributed by atoms with E-state index in [1.807, 2.05) is 18.2 Å². The van der Waals surface area contributed by atoms with E-state index in [4.69, 9.17) is 4.52 Å². The molecule has 0 fully saturated rings. The third-order valence-electron chi connectivity index (χ3n) is 3.65. The summed E-state index contributed by atoms with van der Waals surface area (Å²) in [6.45, 7) is 2.26. The van der Waals surface area contributed by atoms with Crippen molar-refractivity contribution < 1.29 is 4.52 Å². The molecular weight excluding hydrogens is 246 g/mol. The summed E-state index contributed by atoms with van der Waals surface area (Å²) < 4.78 is 5.41. The van der Waals surface area contributed by atoms with Crippen molar-refractivity contribution >= 4 is 0 Å². The first-order chi connectivity index (χ1) is 9.90. The lowest BCUT2D eigenvalue weighted by atomic mass is 10.1. The van der Waals surface area contributed by atoms with E-state index in [-0.39, 0.29) is 0 Å². The first-order valence-corrected chi connectivity index (χ1v) is 7.91. The number of aromatic nitrogens is 1. The maximum atomic E-state index is 5.41. The molecule has 2 heteroatoms. The summed E-state index contributed by atoms with van der Waals surface area (Å²) >= 11 is 0. The van der Waals surface area contributed by atoms with E-state index < -0.39 is 0 Å². The minimum Gasteiger partial charge on any atom is -0.356 e. The highest BCUT2D eigenvalue weighted by Gasteiger charge is 2.05. The van der Waals surface area contributed by atoms with Crippen molar-refractivity contribution in [3.8, 4) is 11.3 Å². The number of hydrogen-bond donors (Lipinski definition) is 0. The number of hydrogen-bond acceptors (Lipinski definition) is 2. The van der Waals surface area contributed by atoms with Gasteiger partial charge in [-0.1, -0.05) is 80.9 Å². The van der Waals surface area contributed by atoms with E-state index in [1.54, 1.807) is 0 Å². The normalized spacial score (nSPS) is 10.8. The number of benzene rings is 1. The molecule has 0 aliphatic rings. The number of aryl methyl sites for hydroxylation is 1. The minimum absolute atomic E-state index is 0.878. The lowest BCUT2D eigenvalue weighted by Gasteiger charge is -1.99. The van der Waals surface area contributed by atoms with Crippen LogP contribution in [0.25, 0.3) is 11.3 Å². The zero-order chi connectivity index (χ0) is 14.0. The molecule has 1 aromatic carbocycles. The van der Waals surface area contributed by atoms with E-state index >= 15 is 0 Å². The molecule has 2 aromatic rings. The maximum Gasteiger partial charge on any atom is 0.167 e. The van der Waals surface area contributed by atoms with Crippen LogP contribution >= 0.6 is 0 Å². The molecule has 0 aliphatic carbocycles. The van der Waals surface area contributed by atoms with E-state index in [0.29, 0.717) is 0 Å². The molecule has 0 N–H and O–H groups in total. The van der Waals surface area contributed by atoms with Crippen LogP contribution in [0.1, 0.15) is 57.6 Å². The van der Waals surface area contributed by atoms with Gasteiger partial charge in [-0.05, 0) is 12.8 Å². The fourth-order valence-electron chi connectivity index (χ4n) is 2.43. The fourth-order valence-corrected chi connectivity index (χ4v) is 2.43. The van der Waals surface area contributed by atoms with Crippen LogP contribution in [0.15, 0.2) is 40.9 Å². The summed E-state index contributed by atoms with van der Waals surface area (Å²) in [6, 6.07) is 12.2. The summed E-state index contributed by atoms with van der Waals surface area (Å²) in [5.41, 5.74) is 2.18. The molecule has 0 saturated carbocycles. The molecule has 0 saturated heterocycles. The largest absolute Gasteiger partial charge is 0.356 e. The van der Waals surface area contributed by atoms with Gasteiger partial charge in [-0.3, -0.25) is 0 Å². The van der Waals surface area contributed by atoms with Gasteiger partial charge in [0.2, 0.25) is 0 Å². The lowest BCUT2D eigenvalue weighted by molar-refractivity contribution is 0.421. The summed E-state index contributed by atoms with van der Waals surface area (Å²) in [5.74, 6) is 0.878. The Balaban J connectivity index is 1.69. The second-order valence-electron chi connectivity index (χ2n) is 5.42. The van der Waals surface area contributed by atoms with Crippen molar-refractivity contribution in [3.05, 3.63) is 42.1 Å². The third-order valence-corrected chi connectivity index (χ3v) is 3.65. The first kappa shape index (κ1) is 14.8. The Hall–Kier alpha value is -1.57. The molecule has 0 unspecified atom stereocenters. The average Bonchev–Trinajstić information content (AvgIpc) is 2.96. The maximum absolute atomic E-state index is 5.41. The molecule has 0 atom stereocenters. The highest BCUT2D eigenvalue weighted by Crippen LogP contribution is 2.20. The molecule has 2 rings (SSSR count). The van der Waals surface area contributed by atoms with Crippen LogP contribution in [-0.4, -0.2) is 5.16 Å². The molecule has 0 spiro atoms. The van der Waals surface area contributed by atoms with Crippen molar-refractivity contribution in [2.75, 3.05) is 0 Å². The van der Waals surface area contributed by atoms with Gasteiger partial charge in [0.25, 0.3) is 0 Å². The van der Waals surface area contributed by atoms with Gasteiger partial charge in [-0.25, -0.2) is 0 Å². The van der Waals surface area contributed by atoms with Crippen LogP contribution in [0.2, 0.25) is 0 Å². The third kappa shape index (κ3) is 4.84. The Bertz CT molecular complexity index is 475. The summed E-state index contributed by atoms with van der Waals surface area (Å²) in [6.07, 6.45) is 10.4. The predicted molar refractivity (Wildman–Crippen MR) is 83.6 cm³/mol. The van der Waals surface area contributed by atoms with Gasteiger partial charge in [-0.15, -0.1) is 0 Å². The Morgan fingerprint density at radius 1 is 0.900 bits per heavy atom. The van der Waals surface area contributed by atoms with Crippen molar-refractivity contribution in [3.63, 3.8) is 0 Å². The van der Waals surface area contributed by atoms with Crippen LogP contribution in [0, 0.1) is 0 Å². The van der Waals surface area contributed by atoms with E-state index in [2.05, 4.69) is 30.3 Å². The minimum atomic E-state index is 0.878. The number of nitrogens with zero attached hydrogens (tertiary/aromatic N) is 1. The predicted octanol–water partition coefficient (Wildman–Crippen LogP) is 5.63. The Kier molecular flexibility index (Phi) is 6.36. The van der Waals surface area contributed by atoms with Crippen LogP contribution < -0.4 is 0 Å². The Labute approximate surface area is 122 Å². The fraction of sp³-hybridized carbons (Fsp3) is 0.500. The van der Waals surface area contributed by atoms with Gasteiger partial charge in [0, 0.05) is 11.6 Å². The van der Waals surface area contributed by atoms with Crippen LogP contribution in [-0.2, 0) is 6.42 Å². The van der Waals surface area contributed by atoms with Crippen molar-refractivity contribution in [1.29, 1.82) is 0 Å². The van der Waals surface area contributed by atoms with Gasteiger partial charge >= 0.3 is 0 Å². The van der Waals surface area contributed by atoms with Gasteiger partial charge in [-0.2, -0.15) is 0 Å². The summed E-state index contributed by atoms with van der Waals surface area (Å²) in [7, 11) is 0. The van der Waals surface area contributed by atoms with Crippen LogP contribution in [0.4, 0.5) is 0 Å². The molecule has 1 aromatic heterocycles. The number of rotatable bonds is 9. The van der Waals surface area contributed by atoms with Gasteiger partial charge < -0.3 is 4.52 Å². The monoisotopic (exact) mass is 271 g/mol.